The van der Waals surface area contributed by atoms with Gasteiger partial charge in [0.05, 0.1) is 36.2 Å². The maximum absolute atomic E-state index is 13.7. The molecule has 5 aromatic rings. The first-order chi connectivity index (χ1) is 21.5. The molecule has 0 unspecified atom stereocenters. The lowest BCUT2D eigenvalue weighted by Gasteiger charge is -2.37. The summed E-state index contributed by atoms with van der Waals surface area (Å²) in [5.41, 5.74) is 5.69. The van der Waals surface area contributed by atoms with Crippen molar-refractivity contribution in [3.63, 3.8) is 0 Å². The van der Waals surface area contributed by atoms with Gasteiger partial charge in [-0.05, 0) is 48.9 Å². The summed E-state index contributed by atoms with van der Waals surface area (Å²) in [5.74, 6) is 0.479. The van der Waals surface area contributed by atoms with E-state index in [-0.39, 0.29) is 18.1 Å². The van der Waals surface area contributed by atoms with Gasteiger partial charge in [0.2, 0.25) is 5.95 Å². The van der Waals surface area contributed by atoms with Crippen molar-refractivity contribution in [3.8, 4) is 28.6 Å². The summed E-state index contributed by atoms with van der Waals surface area (Å²) >= 11 is 0. The quantitative estimate of drug-likeness (QED) is 0.253. The molecule has 1 saturated carbocycles. The van der Waals surface area contributed by atoms with E-state index in [0.717, 1.165) is 53.8 Å². The summed E-state index contributed by atoms with van der Waals surface area (Å²) in [6.45, 7) is 0.454. The number of carbonyl (C=O) groups is 1. The first kappa shape index (κ1) is 28.6. The first-order valence-corrected chi connectivity index (χ1v) is 14.7. The van der Waals surface area contributed by atoms with Crippen LogP contribution in [0.25, 0.3) is 22.5 Å². The Morgan fingerprint density at radius 1 is 1.00 bits per heavy atom. The third-order valence-electron chi connectivity index (χ3n) is 8.05. The lowest BCUT2D eigenvalue weighted by molar-refractivity contribution is 0.240. The zero-order valence-electron chi connectivity index (χ0n) is 24.8. The van der Waals surface area contributed by atoms with Gasteiger partial charge in [0.15, 0.2) is 0 Å². The monoisotopic (exact) mass is 586 g/mol. The van der Waals surface area contributed by atoms with Gasteiger partial charge in [0.25, 0.3) is 0 Å². The normalized spacial score (nSPS) is 16.2. The summed E-state index contributed by atoms with van der Waals surface area (Å²) in [5, 5.41) is 20.5. The van der Waals surface area contributed by atoms with Gasteiger partial charge < -0.3 is 15.2 Å². The largest absolute Gasteiger partial charge is 0.351 e. The lowest BCUT2D eigenvalue weighted by Crippen LogP contribution is -2.48. The molecule has 1 fully saturated rings. The van der Waals surface area contributed by atoms with Crippen molar-refractivity contribution < 1.29 is 4.79 Å². The third kappa shape index (κ3) is 6.29. The molecule has 0 atom stereocenters. The molecule has 2 aromatic carbocycles. The first-order valence-electron chi connectivity index (χ1n) is 14.7. The Bertz CT molecular complexity index is 1760. The van der Waals surface area contributed by atoms with Crippen LogP contribution in [0.4, 0.5) is 16.4 Å². The van der Waals surface area contributed by atoms with Crippen LogP contribution in [0.1, 0.15) is 36.8 Å². The molecule has 11 heteroatoms. The van der Waals surface area contributed by atoms with Crippen LogP contribution in [0.5, 0.6) is 0 Å². The van der Waals surface area contributed by atoms with Gasteiger partial charge >= 0.3 is 6.03 Å². The van der Waals surface area contributed by atoms with Gasteiger partial charge in [0.1, 0.15) is 11.8 Å². The van der Waals surface area contributed by atoms with E-state index in [9.17, 15) is 10.1 Å². The molecule has 6 rings (SSSR count). The van der Waals surface area contributed by atoms with Crippen molar-refractivity contribution in [2.45, 2.75) is 44.3 Å². The van der Waals surface area contributed by atoms with Crippen molar-refractivity contribution in [2.24, 2.45) is 14.1 Å². The molecule has 0 radical (unpaired) electrons. The van der Waals surface area contributed by atoms with Crippen LogP contribution < -0.4 is 15.5 Å². The van der Waals surface area contributed by atoms with Crippen LogP contribution >= 0.6 is 0 Å². The van der Waals surface area contributed by atoms with E-state index in [1.165, 1.54) is 0 Å². The summed E-state index contributed by atoms with van der Waals surface area (Å²) in [4.78, 5) is 28.9. The number of carbonyl (C=O) groups excluding carboxylic acids is 1. The molecule has 0 aliphatic heterocycles. The summed E-state index contributed by atoms with van der Waals surface area (Å²) in [7, 11) is 3.77. The van der Waals surface area contributed by atoms with Gasteiger partial charge in [-0.2, -0.15) is 10.4 Å². The molecule has 0 spiro atoms. The number of hydrogen-bond acceptors (Lipinski definition) is 7. The lowest BCUT2D eigenvalue weighted by atomic mass is 9.90. The van der Waals surface area contributed by atoms with E-state index in [4.69, 9.17) is 0 Å². The fraction of sp³-hybridized carbons (Fsp3) is 0.273. The second kappa shape index (κ2) is 12.8. The summed E-state index contributed by atoms with van der Waals surface area (Å²) < 4.78 is 3.61. The molecule has 3 heterocycles. The number of nitrogens with one attached hydrogen (secondary N) is 2. The van der Waals surface area contributed by atoms with Crippen molar-refractivity contribution in [1.29, 1.82) is 5.26 Å². The molecule has 44 heavy (non-hydrogen) atoms. The SMILES string of the molecule is Cn1cc(-c2ccc(N(C(=O)NCc3ccccc3)[C@H]3CC[C@H](Nc4ncc(C#N)c(-c5cncn5C)n4)CC3)cc2)cn1. The van der Waals surface area contributed by atoms with E-state index in [1.54, 1.807) is 23.4 Å². The van der Waals surface area contributed by atoms with Crippen molar-refractivity contribution in [2.75, 3.05) is 10.2 Å². The maximum atomic E-state index is 13.7. The molecule has 11 nitrogen and oxygen atoms in total. The number of anilines is 2. The number of nitrogens with zero attached hydrogens (tertiary/aromatic N) is 8. The Hall–Kier alpha value is -5.50. The third-order valence-corrected chi connectivity index (χ3v) is 8.05. The van der Waals surface area contributed by atoms with Gasteiger partial charge in [0, 0.05) is 50.2 Å². The predicted octanol–water partition coefficient (Wildman–Crippen LogP) is 5.29. The molecule has 3 aromatic heterocycles. The van der Waals surface area contributed by atoms with Gasteiger partial charge in [-0.3, -0.25) is 9.58 Å². The van der Waals surface area contributed by atoms with E-state index >= 15 is 0 Å². The van der Waals surface area contributed by atoms with Crippen LogP contribution in [0.2, 0.25) is 0 Å². The molecule has 0 saturated heterocycles. The summed E-state index contributed by atoms with van der Waals surface area (Å²) in [6.07, 6.45) is 12.0. The minimum atomic E-state index is -0.115. The molecule has 0 bridgehead atoms. The zero-order valence-corrected chi connectivity index (χ0v) is 24.8. The number of aryl methyl sites for hydroxylation is 2. The van der Waals surface area contributed by atoms with Crippen LogP contribution in [-0.2, 0) is 20.6 Å². The minimum absolute atomic E-state index is 0.0277. The highest BCUT2D eigenvalue weighted by Crippen LogP contribution is 2.31. The predicted molar refractivity (Wildman–Crippen MR) is 168 cm³/mol. The number of imidazole rings is 1. The van der Waals surface area contributed by atoms with Gasteiger partial charge in [-0.25, -0.2) is 19.7 Å². The highest BCUT2D eigenvalue weighted by molar-refractivity contribution is 5.93. The number of urea groups is 1. The van der Waals surface area contributed by atoms with Crippen LogP contribution in [0.15, 0.2) is 85.7 Å². The van der Waals surface area contributed by atoms with Gasteiger partial charge in [-0.1, -0.05) is 42.5 Å². The smallest absolute Gasteiger partial charge is 0.322 e. The Morgan fingerprint density at radius 3 is 2.43 bits per heavy atom. The second-order valence-corrected chi connectivity index (χ2v) is 11.1. The number of hydrogen-bond donors (Lipinski definition) is 2. The average molecular weight is 587 g/mol. The fourth-order valence-electron chi connectivity index (χ4n) is 5.71. The molecular weight excluding hydrogens is 552 g/mol. The Balaban J connectivity index is 1.17. The van der Waals surface area contributed by atoms with Crippen LogP contribution in [0.3, 0.4) is 0 Å². The maximum Gasteiger partial charge on any atom is 0.322 e. The molecule has 222 valence electrons. The number of amides is 2. The number of aromatic nitrogens is 6. The van der Waals surface area contributed by atoms with Crippen LogP contribution in [-0.4, -0.2) is 47.4 Å². The van der Waals surface area contributed by atoms with E-state index in [1.807, 2.05) is 90.6 Å². The fourth-order valence-corrected chi connectivity index (χ4v) is 5.71. The minimum Gasteiger partial charge on any atom is -0.351 e. The van der Waals surface area contributed by atoms with Crippen molar-refractivity contribution in [1.82, 2.24) is 34.6 Å². The molecule has 1 aliphatic rings. The Kier molecular flexibility index (Phi) is 8.32. The topological polar surface area (TPSA) is 130 Å². The van der Waals surface area contributed by atoms with Crippen molar-refractivity contribution >= 4 is 17.7 Å². The number of nitriles is 1. The van der Waals surface area contributed by atoms with Crippen LogP contribution in [0, 0.1) is 11.3 Å². The van der Waals surface area contributed by atoms with E-state index in [0.29, 0.717) is 23.8 Å². The van der Waals surface area contributed by atoms with E-state index in [2.05, 4.69) is 36.8 Å². The number of rotatable bonds is 8. The highest BCUT2D eigenvalue weighted by Gasteiger charge is 2.30. The van der Waals surface area contributed by atoms with Crippen molar-refractivity contribution in [3.05, 3.63) is 96.8 Å². The number of benzene rings is 2. The highest BCUT2D eigenvalue weighted by atomic mass is 16.2. The Labute approximate surface area is 256 Å². The molecular formula is C33H34N10O. The van der Waals surface area contributed by atoms with E-state index < -0.39 is 0 Å². The molecule has 2 amide bonds. The summed E-state index contributed by atoms with van der Waals surface area (Å²) in [6, 6.07) is 20.3. The standard InChI is InChI=1S/C33H34N10O/c1-41-22-35-20-30(41)31-25(16-34)18-36-32(40-31)39-27-10-14-29(15-11-27)43(33(44)37-17-23-6-4-3-5-7-23)28-12-8-24(9-13-28)26-19-38-42(2)21-26/h3-9,12-13,18-22,27,29H,10-11,14-15,17H2,1-2H3,(H,37,44)(H,36,39,40)/t27-,29-. The Morgan fingerprint density at radius 2 is 1.77 bits per heavy atom. The molecule has 1 aliphatic carbocycles. The zero-order chi connectivity index (χ0) is 30.5. The molecule has 2 N–H and O–H groups in total. The van der Waals surface area contributed by atoms with Gasteiger partial charge in [-0.15, -0.1) is 0 Å². The average Bonchev–Trinajstić information content (AvgIpc) is 3.69. The second-order valence-electron chi connectivity index (χ2n) is 11.1.